The summed E-state index contributed by atoms with van der Waals surface area (Å²) in [5, 5.41) is 13.9. The molecule has 23 heavy (non-hydrogen) atoms. The molecule has 7 heteroatoms. The van der Waals surface area contributed by atoms with Gasteiger partial charge in [0.05, 0.1) is 17.2 Å². The second-order valence-corrected chi connectivity index (χ2v) is 5.67. The first-order chi connectivity index (χ1) is 11.2. The topological polar surface area (TPSA) is 84.4 Å². The molecule has 0 saturated carbocycles. The van der Waals surface area contributed by atoms with Crippen LogP contribution in [0.3, 0.4) is 0 Å². The molecule has 0 aromatic carbocycles. The van der Waals surface area contributed by atoms with E-state index < -0.39 is 4.92 Å². The lowest BCUT2D eigenvalue weighted by molar-refractivity contribution is -0.385. The first-order valence-electron chi connectivity index (χ1n) is 7.86. The van der Waals surface area contributed by atoms with Crippen molar-refractivity contribution in [2.75, 3.05) is 25.0 Å². The van der Waals surface area contributed by atoms with E-state index in [9.17, 15) is 10.1 Å². The van der Waals surface area contributed by atoms with Gasteiger partial charge in [0, 0.05) is 12.6 Å². The first-order valence-corrected chi connectivity index (χ1v) is 7.86. The van der Waals surface area contributed by atoms with Crippen molar-refractivity contribution in [1.82, 2.24) is 9.88 Å². The highest BCUT2D eigenvalue weighted by Crippen LogP contribution is 2.25. The molecule has 0 unspecified atom stereocenters. The van der Waals surface area contributed by atoms with Crippen LogP contribution in [0.2, 0.25) is 0 Å². The Hall–Kier alpha value is -2.41. The number of aromatic nitrogens is 1. The third-order valence-corrected chi connectivity index (χ3v) is 4.14. The molecule has 0 aliphatic carbocycles. The number of nitrogens with zero attached hydrogens (tertiary/aromatic N) is 3. The van der Waals surface area contributed by atoms with Crippen LogP contribution in [0, 0.1) is 10.1 Å². The summed E-state index contributed by atoms with van der Waals surface area (Å²) in [4.78, 5) is 16.7. The van der Waals surface area contributed by atoms with Crippen LogP contribution in [-0.2, 0) is 0 Å². The van der Waals surface area contributed by atoms with E-state index in [1.54, 1.807) is 12.3 Å². The summed E-state index contributed by atoms with van der Waals surface area (Å²) in [7, 11) is 0. The highest BCUT2D eigenvalue weighted by Gasteiger charge is 2.24. The maximum absolute atomic E-state index is 10.7. The van der Waals surface area contributed by atoms with Crippen LogP contribution >= 0.6 is 0 Å². The fourth-order valence-corrected chi connectivity index (χ4v) is 2.92. The van der Waals surface area contributed by atoms with Gasteiger partial charge in [0.2, 0.25) is 0 Å². The molecule has 2 aromatic rings. The quantitative estimate of drug-likeness (QED) is 0.650. The SMILES string of the molecule is O=[N+]([O-])c1ccc(NC[C@@H](c2ccco2)N2CCCCC2)nc1. The molecule has 7 nitrogen and oxygen atoms in total. The van der Waals surface area contributed by atoms with E-state index in [0.717, 1.165) is 18.8 Å². The zero-order valence-corrected chi connectivity index (χ0v) is 12.9. The number of nitrogens with one attached hydrogen (secondary N) is 1. The van der Waals surface area contributed by atoms with Gasteiger partial charge >= 0.3 is 0 Å². The van der Waals surface area contributed by atoms with Crippen LogP contribution in [0.4, 0.5) is 11.5 Å². The van der Waals surface area contributed by atoms with Gasteiger partial charge in [0.15, 0.2) is 0 Å². The number of furan rings is 1. The van der Waals surface area contributed by atoms with Gasteiger partial charge in [-0.3, -0.25) is 15.0 Å². The maximum Gasteiger partial charge on any atom is 0.287 e. The summed E-state index contributed by atoms with van der Waals surface area (Å²) in [5.41, 5.74) is -0.00540. The van der Waals surface area contributed by atoms with Gasteiger partial charge in [-0.15, -0.1) is 0 Å². The van der Waals surface area contributed by atoms with Gasteiger partial charge in [0.1, 0.15) is 17.8 Å². The zero-order chi connectivity index (χ0) is 16.1. The molecular weight excluding hydrogens is 296 g/mol. The summed E-state index contributed by atoms with van der Waals surface area (Å²) >= 11 is 0. The predicted octanol–water partition coefficient (Wildman–Crippen LogP) is 3.22. The number of nitro groups is 1. The van der Waals surface area contributed by atoms with Crippen molar-refractivity contribution in [2.45, 2.75) is 25.3 Å². The summed E-state index contributed by atoms with van der Waals surface area (Å²) in [6.45, 7) is 2.76. The lowest BCUT2D eigenvalue weighted by Gasteiger charge is -2.33. The van der Waals surface area contributed by atoms with Gasteiger partial charge in [-0.25, -0.2) is 4.98 Å². The van der Waals surface area contributed by atoms with Crippen molar-refractivity contribution in [3.8, 4) is 0 Å². The number of pyridine rings is 1. The van der Waals surface area contributed by atoms with Gasteiger partial charge in [-0.05, 0) is 44.1 Å². The standard InChI is InChI=1S/C16H20N4O3/c21-20(22)13-6-7-16(17-11-13)18-12-14(15-5-4-10-23-15)19-8-2-1-3-9-19/h4-7,10-11,14H,1-3,8-9,12H2,(H,17,18)/t14-/m0/s1. The minimum atomic E-state index is -0.448. The molecule has 122 valence electrons. The lowest BCUT2D eigenvalue weighted by Crippen LogP contribution is -2.37. The summed E-state index contributed by atoms with van der Waals surface area (Å²) in [6, 6.07) is 7.12. The summed E-state index contributed by atoms with van der Waals surface area (Å²) in [6.07, 6.45) is 6.64. The molecule has 1 fully saturated rings. The van der Waals surface area contributed by atoms with E-state index in [1.807, 2.05) is 12.1 Å². The molecule has 3 rings (SSSR count). The molecule has 0 spiro atoms. The van der Waals surface area contributed by atoms with Crippen LogP contribution in [0.25, 0.3) is 0 Å². The van der Waals surface area contributed by atoms with Gasteiger partial charge in [-0.2, -0.15) is 0 Å². The van der Waals surface area contributed by atoms with E-state index in [1.165, 1.54) is 31.5 Å². The average Bonchev–Trinajstić information content (AvgIpc) is 3.11. The average molecular weight is 316 g/mol. The van der Waals surface area contributed by atoms with Crippen molar-refractivity contribution >= 4 is 11.5 Å². The van der Waals surface area contributed by atoms with E-state index in [4.69, 9.17) is 4.42 Å². The number of hydrogen-bond donors (Lipinski definition) is 1. The molecule has 1 aliphatic rings. The fourth-order valence-electron chi connectivity index (χ4n) is 2.92. The number of hydrogen-bond acceptors (Lipinski definition) is 6. The molecule has 1 aliphatic heterocycles. The lowest BCUT2D eigenvalue weighted by atomic mass is 10.1. The van der Waals surface area contributed by atoms with Crippen LogP contribution in [0.1, 0.15) is 31.1 Å². The van der Waals surface area contributed by atoms with Crippen molar-refractivity contribution in [2.24, 2.45) is 0 Å². The molecular formula is C16H20N4O3. The minimum Gasteiger partial charge on any atom is -0.468 e. The number of anilines is 1. The number of piperidine rings is 1. The second-order valence-electron chi connectivity index (χ2n) is 5.67. The molecule has 1 saturated heterocycles. The Morgan fingerprint density at radius 2 is 2.13 bits per heavy atom. The van der Waals surface area contributed by atoms with Crippen molar-refractivity contribution in [1.29, 1.82) is 0 Å². The van der Waals surface area contributed by atoms with Crippen LogP contribution < -0.4 is 5.32 Å². The largest absolute Gasteiger partial charge is 0.468 e. The van der Waals surface area contributed by atoms with Crippen molar-refractivity contribution < 1.29 is 9.34 Å². The van der Waals surface area contributed by atoms with E-state index >= 15 is 0 Å². The normalized spacial score (nSPS) is 16.9. The summed E-state index contributed by atoms with van der Waals surface area (Å²) < 4.78 is 5.60. The Balaban J connectivity index is 1.67. The van der Waals surface area contributed by atoms with Crippen molar-refractivity contribution in [3.63, 3.8) is 0 Å². The molecule has 1 N–H and O–H groups in total. The Kier molecular flexibility index (Phi) is 4.87. The number of likely N-dealkylation sites (tertiary alicyclic amines) is 1. The van der Waals surface area contributed by atoms with Crippen molar-refractivity contribution in [3.05, 3.63) is 52.6 Å². The monoisotopic (exact) mass is 316 g/mol. The Labute approximate surface area is 134 Å². The Bertz CT molecular complexity index is 621. The molecule has 0 amide bonds. The van der Waals surface area contributed by atoms with Crippen LogP contribution in [0.5, 0.6) is 0 Å². The Morgan fingerprint density at radius 1 is 1.30 bits per heavy atom. The molecule has 3 heterocycles. The highest BCUT2D eigenvalue weighted by atomic mass is 16.6. The van der Waals surface area contributed by atoms with Gasteiger partial charge in [0.25, 0.3) is 5.69 Å². The van der Waals surface area contributed by atoms with E-state index in [0.29, 0.717) is 12.4 Å². The van der Waals surface area contributed by atoms with Crippen LogP contribution in [-0.4, -0.2) is 34.4 Å². The predicted molar refractivity (Wildman–Crippen MR) is 86.3 cm³/mol. The maximum atomic E-state index is 10.7. The first kappa shape index (κ1) is 15.5. The zero-order valence-electron chi connectivity index (χ0n) is 12.9. The van der Waals surface area contributed by atoms with E-state index in [2.05, 4.69) is 15.2 Å². The highest BCUT2D eigenvalue weighted by molar-refractivity contribution is 5.40. The van der Waals surface area contributed by atoms with Gasteiger partial charge < -0.3 is 9.73 Å². The molecule has 0 bridgehead atoms. The van der Waals surface area contributed by atoms with E-state index in [-0.39, 0.29) is 11.7 Å². The third-order valence-electron chi connectivity index (χ3n) is 4.14. The molecule has 2 aromatic heterocycles. The Morgan fingerprint density at radius 3 is 2.74 bits per heavy atom. The summed E-state index contributed by atoms with van der Waals surface area (Å²) in [5.74, 6) is 1.56. The number of rotatable bonds is 6. The third kappa shape index (κ3) is 3.87. The fraction of sp³-hybridized carbons (Fsp3) is 0.438. The van der Waals surface area contributed by atoms with Gasteiger partial charge in [-0.1, -0.05) is 6.42 Å². The molecule has 1 atom stereocenters. The van der Waals surface area contributed by atoms with Crippen LogP contribution in [0.15, 0.2) is 41.1 Å². The minimum absolute atomic E-state index is 0.00540. The molecule has 0 radical (unpaired) electrons. The second kappa shape index (κ2) is 7.23. The smallest absolute Gasteiger partial charge is 0.287 e.